The van der Waals surface area contributed by atoms with Crippen molar-refractivity contribution in [2.45, 2.75) is 51.9 Å². The second-order valence-electron chi connectivity index (χ2n) is 6.07. The Morgan fingerprint density at radius 3 is 2.47 bits per heavy atom. The molecule has 2 heterocycles. The maximum Gasteiger partial charge on any atom is 0.219 e. The number of carbonyl (C=O) groups is 1. The predicted molar refractivity (Wildman–Crippen MR) is 75.1 cm³/mol. The first-order chi connectivity index (χ1) is 8.99. The first kappa shape index (κ1) is 14.8. The number of rotatable bonds is 2. The molecule has 2 fully saturated rings. The summed E-state index contributed by atoms with van der Waals surface area (Å²) >= 11 is 0. The van der Waals surface area contributed by atoms with Gasteiger partial charge in [0.25, 0.3) is 0 Å². The summed E-state index contributed by atoms with van der Waals surface area (Å²) in [5.74, 6) is 0.187. The van der Waals surface area contributed by atoms with Crippen LogP contribution >= 0.6 is 0 Å². The van der Waals surface area contributed by atoms with Crippen LogP contribution in [0.15, 0.2) is 0 Å². The number of nitrogens with one attached hydrogen (secondary N) is 1. The van der Waals surface area contributed by atoms with E-state index in [4.69, 9.17) is 4.74 Å². The third-order valence-corrected chi connectivity index (χ3v) is 4.29. The number of morpholine rings is 1. The van der Waals surface area contributed by atoms with Crippen molar-refractivity contribution in [2.75, 3.05) is 32.8 Å². The van der Waals surface area contributed by atoms with Gasteiger partial charge in [-0.05, 0) is 20.8 Å². The maximum atomic E-state index is 11.8. The van der Waals surface area contributed by atoms with Crippen LogP contribution < -0.4 is 5.32 Å². The molecular formula is C14H27N3O2. The highest BCUT2D eigenvalue weighted by Gasteiger charge is 2.33. The lowest BCUT2D eigenvalue weighted by Crippen LogP contribution is -2.62. The molecule has 0 aromatic rings. The highest BCUT2D eigenvalue weighted by Crippen LogP contribution is 2.17. The molecule has 0 aromatic carbocycles. The smallest absolute Gasteiger partial charge is 0.219 e. The van der Waals surface area contributed by atoms with Crippen molar-refractivity contribution in [3.8, 4) is 0 Å². The molecule has 2 rings (SSSR count). The van der Waals surface area contributed by atoms with E-state index in [2.05, 4.69) is 31.0 Å². The first-order valence-corrected chi connectivity index (χ1v) is 7.33. The van der Waals surface area contributed by atoms with Gasteiger partial charge < -0.3 is 15.0 Å². The topological polar surface area (TPSA) is 44.8 Å². The van der Waals surface area contributed by atoms with Crippen molar-refractivity contribution >= 4 is 5.91 Å². The van der Waals surface area contributed by atoms with Crippen LogP contribution in [-0.2, 0) is 9.53 Å². The molecule has 0 radical (unpaired) electrons. The van der Waals surface area contributed by atoms with E-state index in [-0.39, 0.29) is 11.9 Å². The number of nitrogens with zero attached hydrogens (tertiary/aromatic N) is 2. The highest BCUT2D eigenvalue weighted by atomic mass is 16.5. The Hall–Kier alpha value is -0.650. The molecule has 5 heteroatoms. The highest BCUT2D eigenvalue weighted by molar-refractivity contribution is 5.73. The Labute approximate surface area is 116 Å². The van der Waals surface area contributed by atoms with Gasteiger partial charge in [-0.1, -0.05) is 0 Å². The van der Waals surface area contributed by atoms with Crippen molar-refractivity contribution < 1.29 is 9.53 Å². The fourth-order valence-corrected chi connectivity index (χ4v) is 3.14. The van der Waals surface area contributed by atoms with E-state index in [9.17, 15) is 4.79 Å². The summed E-state index contributed by atoms with van der Waals surface area (Å²) in [5.41, 5.74) is 0. The molecule has 4 atom stereocenters. The Morgan fingerprint density at radius 1 is 1.26 bits per heavy atom. The van der Waals surface area contributed by atoms with Gasteiger partial charge in [0.05, 0.1) is 19.3 Å². The van der Waals surface area contributed by atoms with E-state index >= 15 is 0 Å². The molecule has 0 saturated carbocycles. The molecule has 110 valence electrons. The van der Waals surface area contributed by atoms with Gasteiger partial charge in [0, 0.05) is 44.7 Å². The van der Waals surface area contributed by atoms with Crippen molar-refractivity contribution in [1.29, 1.82) is 0 Å². The lowest BCUT2D eigenvalue weighted by Gasteiger charge is -2.45. The number of ether oxygens (including phenoxy) is 1. The molecule has 2 aliphatic rings. The summed E-state index contributed by atoms with van der Waals surface area (Å²) in [4.78, 5) is 16.3. The monoisotopic (exact) mass is 269 g/mol. The molecule has 0 bridgehead atoms. The van der Waals surface area contributed by atoms with Gasteiger partial charge in [-0.3, -0.25) is 9.69 Å². The summed E-state index contributed by atoms with van der Waals surface area (Å²) in [7, 11) is 0. The standard InChI is InChI=1S/C14H27N3O2/c1-10-6-17(13(4)18)14(5-15-10)7-16-11(2)8-19-9-12(16)3/h10-12,14-15H,5-9H2,1-4H3/t10?,11-,12-,14?/m1/s1. The van der Waals surface area contributed by atoms with Gasteiger partial charge >= 0.3 is 0 Å². The van der Waals surface area contributed by atoms with Gasteiger partial charge in [-0.2, -0.15) is 0 Å². The maximum absolute atomic E-state index is 11.8. The molecule has 0 aromatic heterocycles. The van der Waals surface area contributed by atoms with Crippen molar-refractivity contribution in [1.82, 2.24) is 15.1 Å². The van der Waals surface area contributed by atoms with Crippen LogP contribution in [0.4, 0.5) is 0 Å². The summed E-state index contributed by atoms with van der Waals surface area (Å²) in [6.07, 6.45) is 0. The minimum Gasteiger partial charge on any atom is -0.378 e. The lowest BCUT2D eigenvalue weighted by atomic mass is 10.1. The predicted octanol–water partition coefficient (Wildman–Crippen LogP) is 0.304. The molecule has 0 spiro atoms. The third kappa shape index (κ3) is 3.46. The zero-order valence-electron chi connectivity index (χ0n) is 12.6. The second kappa shape index (κ2) is 6.20. The van der Waals surface area contributed by atoms with Gasteiger partial charge in [-0.15, -0.1) is 0 Å². The van der Waals surface area contributed by atoms with Gasteiger partial charge in [0.2, 0.25) is 5.91 Å². The van der Waals surface area contributed by atoms with Gasteiger partial charge in [-0.25, -0.2) is 0 Å². The summed E-state index contributed by atoms with van der Waals surface area (Å²) in [5, 5.41) is 3.48. The fraction of sp³-hybridized carbons (Fsp3) is 0.929. The molecule has 2 unspecified atom stereocenters. The molecule has 2 saturated heterocycles. The Balaban J connectivity index is 2.01. The molecule has 1 N–H and O–H groups in total. The van der Waals surface area contributed by atoms with Crippen molar-refractivity contribution in [2.24, 2.45) is 0 Å². The average molecular weight is 269 g/mol. The summed E-state index contributed by atoms with van der Waals surface area (Å²) in [6.45, 7) is 12.4. The van der Waals surface area contributed by atoms with E-state index in [1.54, 1.807) is 6.92 Å². The first-order valence-electron chi connectivity index (χ1n) is 7.33. The number of hydrogen-bond acceptors (Lipinski definition) is 4. The van der Waals surface area contributed by atoms with Gasteiger partial charge in [0.15, 0.2) is 0 Å². The molecular weight excluding hydrogens is 242 g/mol. The minimum absolute atomic E-state index is 0.187. The number of piperazine rings is 1. The average Bonchev–Trinajstić information content (AvgIpc) is 2.35. The van der Waals surface area contributed by atoms with Crippen LogP contribution in [0, 0.1) is 0 Å². The van der Waals surface area contributed by atoms with Crippen LogP contribution in [-0.4, -0.2) is 72.7 Å². The summed E-state index contributed by atoms with van der Waals surface area (Å²) in [6, 6.07) is 1.52. The zero-order chi connectivity index (χ0) is 14.0. The van der Waals surface area contributed by atoms with Crippen molar-refractivity contribution in [3.05, 3.63) is 0 Å². The summed E-state index contributed by atoms with van der Waals surface area (Å²) < 4.78 is 5.57. The van der Waals surface area contributed by atoms with Crippen LogP contribution in [0.1, 0.15) is 27.7 Å². The van der Waals surface area contributed by atoms with Gasteiger partial charge in [0.1, 0.15) is 0 Å². The zero-order valence-corrected chi connectivity index (χ0v) is 12.6. The quantitative estimate of drug-likeness (QED) is 0.783. The van der Waals surface area contributed by atoms with E-state index in [0.29, 0.717) is 18.1 Å². The molecule has 19 heavy (non-hydrogen) atoms. The third-order valence-electron chi connectivity index (χ3n) is 4.29. The largest absolute Gasteiger partial charge is 0.378 e. The normalized spacial score (nSPS) is 37.4. The SMILES string of the molecule is CC(=O)N1CC(C)NCC1CN1[C@H](C)COC[C@H]1C. The van der Waals surface area contributed by atoms with E-state index in [1.165, 1.54) is 0 Å². The minimum atomic E-state index is 0.187. The van der Waals surface area contributed by atoms with Crippen LogP contribution in [0.2, 0.25) is 0 Å². The van der Waals surface area contributed by atoms with Crippen LogP contribution in [0.3, 0.4) is 0 Å². The molecule has 5 nitrogen and oxygen atoms in total. The molecule has 2 aliphatic heterocycles. The molecule has 1 amide bonds. The van der Waals surface area contributed by atoms with Crippen LogP contribution in [0.25, 0.3) is 0 Å². The number of hydrogen-bond donors (Lipinski definition) is 1. The van der Waals surface area contributed by atoms with Crippen molar-refractivity contribution in [3.63, 3.8) is 0 Å². The van der Waals surface area contributed by atoms with E-state index < -0.39 is 0 Å². The van der Waals surface area contributed by atoms with Crippen LogP contribution in [0.5, 0.6) is 0 Å². The van der Waals surface area contributed by atoms with E-state index in [1.807, 2.05) is 4.90 Å². The Kier molecular flexibility index (Phi) is 4.81. The Morgan fingerprint density at radius 2 is 1.89 bits per heavy atom. The molecule has 0 aliphatic carbocycles. The van der Waals surface area contributed by atoms with E-state index in [0.717, 1.165) is 32.8 Å². The number of carbonyl (C=O) groups excluding carboxylic acids is 1. The lowest BCUT2D eigenvalue weighted by molar-refractivity contribution is -0.134. The fourth-order valence-electron chi connectivity index (χ4n) is 3.14. The number of amides is 1. The second-order valence-corrected chi connectivity index (χ2v) is 6.07. The Bertz CT molecular complexity index is 314.